The number of hydrogen-bond acceptors (Lipinski definition) is 4. The van der Waals surface area contributed by atoms with Crippen molar-refractivity contribution >= 4 is 21.6 Å². The minimum Gasteiger partial charge on any atom is -0.290 e. The van der Waals surface area contributed by atoms with E-state index in [2.05, 4.69) is 0 Å². The summed E-state index contributed by atoms with van der Waals surface area (Å²) in [5.41, 5.74) is 0.585. The van der Waals surface area contributed by atoms with Gasteiger partial charge in [-0.15, -0.1) is 0 Å². The molecule has 1 aromatic rings. The van der Waals surface area contributed by atoms with Crippen molar-refractivity contribution in [3.8, 4) is 0 Å². The van der Waals surface area contributed by atoms with Gasteiger partial charge in [-0.1, -0.05) is 24.3 Å². The highest BCUT2D eigenvalue weighted by atomic mass is 32.2. The second kappa shape index (κ2) is 4.66. The summed E-state index contributed by atoms with van der Waals surface area (Å²) >= 11 is 0. The minimum atomic E-state index is -3.74. The van der Waals surface area contributed by atoms with E-state index >= 15 is 0 Å². The van der Waals surface area contributed by atoms with Crippen LogP contribution < -0.4 is 0 Å². The highest BCUT2D eigenvalue weighted by Crippen LogP contribution is 2.36. The zero-order valence-corrected chi connectivity index (χ0v) is 12.1. The zero-order chi connectivity index (χ0) is 15.2. The van der Waals surface area contributed by atoms with Crippen LogP contribution in [0.1, 0.15) is 6.92 Å². The van der Waals surface area contributed by atoms with E-state index in [1.165, 1.54) is 28.7 Å². The molecule has 0 saturated carbocycles. The van der Waals surface area contributed by atoms with Crippen LogP contribution in [0.4, 0.5) is 0 Å². The highest BCUT2D eigenvalue weighted by molar-refractivity contribution is 7.89. The molecule has 2 unspecified atom stereocenters. The van der Waals surface area contributed by atoms with Crippen molar-refractivity contribution in [2.45, 2.75) is 17.9 Å². The molecule has 1 aliphatic carbocycles. The number of ketones is 2. The van der Waals surface area contributed by atoms with Gasteiger partial charge >= 0.3 is 0 Å². The maximum absolute atomic E-state index is 12.7. The lowest BCUT2D eigenvalue weighted by Crippen LogP contribution is -2.42. The standard InChI is InChI=1S/C15H13NO4S/c1-10-9-16(12-7-8-13(17)15(18)14(10)12)21(19,20)11-5-3-2-4-6-11/h2-9,12,14H,1H3. The average molecular weight is 303 g/mol. The summed E-state index contributed by atoms with van der Waals surface area (Å²) in [7, 11) is -3.74. The van der Waals surface area contributed by atoms with E-state index in [0.29, 0.717) is 5.57 Å². The molecular formula is C15H13NO4S. The molecule has 0 fully saturated rings. The fourth-order valence-electron chi connectivity index (χ4n) is 2.71. The summed E-state index contributed by atoms with van der Waals surface area (Å²) in [5, 5.41) is 0. The monoisotopic (exact) mass is 303 g/mol. The molecule has 0 spiro atoms. The summed E-state index contributed by atoms with van der Waals surface area (Å²) < 4.78 is 26.5. The van der Waals surface area contributed by atoms with Crippen LogP contribution in [0.5, 0.6) is 0 Å². The molecule has 108 valence electrons. The summed E-state index contributed by atoms with van der Waals surface area (Å²) in [5.74, 6) is -1.84. The highest BCUT2D eigenvalue weighted by Gasteiger charge is 2.45. The molecule has 1 aromatic carbocycles. The molecule has 0 saturated heterocycles. The Morgan fingerprint density at radius 3 is 2.43 bits per heavy atom. The number of carbonyl (C=O) groups is 2. The molecule has 5 nitrogen and oxygen atoms in total. The number of hydrogen-bond donors (Lipinski definition) is 0. The summed E-state index contributed by atoms with van der Waals surface area (Å²) in [6.45, 7) is 1.67. The van der Waals surface area contributed by atoms with Crippen molar-refractivity contribution in [3.05, 3.63) is 54.3 Å². The Morgan fingerprint density at radius 2 is 1.76 bits per heavy atom. The quantitative estimate of drug-likeness (QED) is 0.772. The Kier molecular flexibility index (Phi) is 3.06. The van der Waals surface area contributed by atoms with Crippen LogP contribution in [0.2, 0.25) is 0 Å². The van der Waals surface area contributed by atoms with Gasteiger partial charge in [0.1, 0.15) is 0 Å². The van der Waals surface area contributed by atoms with E-state index in [0.717, 1.165) is 6.08 Å². The first kappa shape index (κ1) is 13.8. The van der Waals surface area contributed by atoms with E-state index in [1.807, 2.05) is 0 Å². The average Bonchev–Trinajstić information content (AvgIpc) is 2.82. The molecule has 0 radical (unpaired) electrons. The van der Waals surface area contributed by atoms with Gasteiger partial charge in [-0.2, -0.15) is 0 Å². The molecular weight excluding hydrogens is 290 g/mol. The lowest BCUT2D eigenvalue weighted by molar-refractivity contribution is -0.136. The molecule has 1 aliphatic heterocycles. The van der Waals surface area contributed by atoms with Gasteiger partial charge in [-0.3, -0.25) is 13.9 Å². The van der Waals surface area contributed by atoms with Gasteiger partial charge in [0.15, 0.2) is 0 Å². The number of rotatable bonds is 2. The third kappa shape index (κ3) is 2.03. The van der Waals surface area contributed by atoms with Crippen molar-refractivity contribution in [2.24, 2.45) is 5.92 Å². The number of Topliss-reactive ketones (excluding diaryl/α,β-unsaturated/α-hetero) is 1. The number of benzene rings is 1. The molecule has 2 atom stereocenters. The smallest absolute Gasteiger partial charge is 0.264 e. The third-order valence-electron chi connectivity index (χ3n) is 3.75. The molecule has 3 rings (SSSR count). The van der Waals surface area contributed by atoms with E-state index in [1.54, 1.807) is 25.1 Å². The predicted molar refractivity (Wildman–Crippen MR) is 75.7 cm³/mol. The molecule has 0 amide bonds. The maximum Gasteiger partial charge on any atom is 0.264 e. The van der Waals surface area contributed by atoms with Crippen molar-refractivity contribution in [2.75, 3.05) is 0 Å². The summed E-state index contributed by atoms with van der Waals surface area (Å²) in [6, 6.07) is 7.37. The fraction of sp³-hybridized carbons (Fsp3) is 0.200. The van der Waals surface area contributed by atoms with E-state index in [4.69, 9.17) is 0 Å². The number of carbonyl (C=O) groups excluding carboxylic acids is 2. The van der Waals surface area contributed by atoms with E-state index < -0.39 is 33.5 Å². The van der Waals surface area contributed by atoms with Crippen molar-refractivity contribution in [1.29, 1.82) is 0 Å². The number of sulfonamides is 1. The van der Waals surface area contributed by atoms with Crippen LogP contribution in [-0.4, -0.2) is 30.3 Å². The molecule has 6 heteroatoms. The van der Waals surface area contributed by atoms with Crippen LogP contribution in [-0.2, 0) is 19.6 Å². The van der Waals surface area contributed by atoms with Gasteiger partial charge in [0.25, 0.3) is 10.0 Å². The van der Waals surface area contributed by atoms with E-state index in [9.17, 15) is 18.0 Å². The number of nitrogens with zero attached hydrogens (tertiary/aromatic N) is 1. The second-order valence-electron chi connectivity index (χ2n) is 5.08. The molecule has 0 N–H and O–H groups in total. The maximum atomic E-state index is 12.7. The molecule has 0 aromatic heterocycles. The van der Waals surface area contributed by atoms with Crippen LogP contribution in [0.15, 0.2) is 59.2 Å². The Labute approximate surface area is 122 Å². The molecule has 1 heterocycles. The van der Waals surface area contributed by atoms with E-state index in [-0.39, 0.29) is 4.90 Å². The first-order valence-electron chi connectivity index (χ1n) is 6.46. The Balaban J connectivity index is 2.07. The van der Waals surface area contributed by atoms with Crippen LogP contribution >= 0.6 is 0 Å². The van der Waals surface area contributed by atoms with Crippen molar-refractivity contribution < 1.29 is 18.0 Å². The largest absolute Gasteiger partial charge is 0.290 e. The van der Waals surface area contributed by atoms with Gasteiger partial charge in [-0.25, -0.2) is 8.42 Å². The Morgan fingerprint density at radius 1 is 1.10 bits per heavy atom. The lowest BCUT2D eigenvalue weighted by atomic mass is 9.85. The van der Waals surface area contributed by atoms with Crippen LogP contribution in [0.25, 0.3) is 0 Å². The Hall–Kier alpha value is -2.21. The van der Waals surface area contributed by atoms with Crippen LogP contribution in [0.3, 0.4) is 0 Å². The topological polar surface area (TPSA) is 71.5 Å². The van der Waals surface area contributed by atoms with Gasteiger partial charge in [0.2, 0.25) is 11.6 Å². The lowest BCUT2D eigenvalue weighted by Gasteiger charge is -2.28. The number of fused-ring (bicyclic) bond motifs is 1. The predicted octanol–water partition coefficient (Wildman–Crippen LogP) is 1.29. The first-order valence-corrected chi connectivity index (χ1v) is 7.90. The Bertz CT molecular complexity index is 777. The molecule has 21 heavy (non-hydrogen) atoms. The third-order valence-corrected chi connectivity index (χ3v) is 5.52. The minimum absolute atomic E-state index is 0.160. The first-order chi connectivity index (χ1) is 9.93. The normalized spacial score (nSPS) is 25.0. The van der Waals surface area contributed by atoms with Crippen molar-refractivity contribution in [1.82, 2.24) is 4.31 Å². The molecule has 2 aliphatic rings. The van der Waals surface area contributed by atoms with Gasteiger partial charge in [-0.05, 0) is 30.7 Å². The summed E-state index contributed by atoms with van der Waals surface area (Å²) in [4.78, 5) is 23.6. The zero-order valence-electron chi connectivity index (χ0n) is 11.3. The van der Waals surface area contributed by atoms with Crippen molar-refractivity contribution in [3.63, 3.8) is 0 Å². The second-order valence-corrected chi connectivity index (χ2v) is 6.92. The fourth-order valence-corrected chi connectivity index (χ4v) is 4.27. The van der Waals surface area contributed by atoms with Gasteiger partial charge in [0, 0.05) is 6.20 Å². The summed E-state index contributed by atoms with van der Waals surface area (Å²) in [6.07, 6.45) is 4.09. The number of allylic oxidation sites excluding steroid dienone is 1. The van der Waals surface area contributed by atoms with Crippen LogP contribution in [0, 0.1) is 5.92 Å². The van der Waals surface area contributed by atoms with Gasteiger partial charge < -0.3 is 0 Å². The molecule has 0 bridgehead atoms. The van der Waals surface area contributed by atoms with Gasteiger partial charge in [0.05, 0.1) is 16.9 Å². The SMILES string of the molecule is CC1=CN(S(=O)(=O)c2ccccc2)C2C=CC(=O)C(=O)C12.